The summed E-state index contributed by atoms with van der Waals surface area (Å²) in [6.45, 7) is 2.44. The Kier molecular flexibility index (Phi) is 6.93. The molecule has 0 spiro atoms. The van der Waals surface area contributed by atoms with Crippen molar-refractivity contribution in [3.8, 4) is 39.5 Å². The third-order valence-corrected chi connectivity index (χ3v) is 14.4. The van der Waals surface area contributed by atoms with Crippen LogP contribution in [0.3, 0.4) is 0 Å². The lowest BCUT2D eigenvalue weighted by atomic mass is 9.74. The quantitative estimate of drug-likeness (QED) is 0.179. The molecule has 0 amide bonds. The number of allylic oxidation sites excluding steroid dienone is 1. The second-order valence-electron chi connectivity index (χ2n) is 15.2. The van der Waals surface area contributed by atoms with E-state index in [2.05, 4.69) is 181 Å². The molecule has 0 fully saturated rings. The van der Waals surface area contributed by atoms with Gasteiger partial charge in [-0.25, -0.2) is 9.97 Å². The van der Waals surface area contributed by atoms with Crippen molar-refractivity contribution in [3.63, 3.8) is 0 Å². The Morgan fingerprint density at radius 3 is 2.18 bits per heavy atom. The molecule has 1 unspecified atom stereocenters. The van der Waals surface area contributed by atoms with Crippen LogP contribution in [0.1, 0.15) is 23.7 Å². The van der Waals surface area contributed by atoms with Gasteiger partial charge in [-0.15, -0.1) is 11.3 Å². The molecule has 12 rings (SSSR count). The summed E-state index contributed by atoms with van der Waals surface area (Å²) in [4.78, 5) is 13.6. The normalized spacial score (nSPS) is 16.0. The second-order valence-corrected chi connectivity index (χ2v) is 17.3. The van der Waals surface area contributed by atoms with Gasteiger partial charge in [0.1, 0.15) is 0 Å². The third kappa shape index (κ3) is 4.71. The van der Waals surface area contributed by atoms with Crippen LogP contribution in [0.15, 0.2) is 174 Å². The fourth-order valence-electron chi connectivity index (χ4n) is 9.14. The SMILES string of the molecule is CC12Cc3c(n(-c4cc(-c5ccccc5)cc(-c5nc(-c6ccccc6)c6sc7ccccc7c6n5)c4)c4c3ccc3ccccc34)C=C1Sc1ccccc12. The van der Waals surface area contributed by atoms with Gasteiger partial charge in [0.05, 0.1) is 27.1 Å². The number of aromatic nitrogens is 3. The fourth-order valence-corrected chi connectivity index (χ4v) is 11.7. The van der Waals surface area contributed by atoms with Gasteiger partial charge in [0.2, 0.25) is 0 Å². The molecule has 0 radical (unpaired) electrons. The van der Waals surface area contributed by atoms with Gasteiger partial charge in [-0.2, -0.15) is 0 Å². The van der Waals surface area contributed by atoms with Crippen LogP contribution in [0.25, 0.3) is 87.5 Å². The lowest BCUT2D eigenvalue weighted by Gasteiger charge is -2.31. The van der Waals surface area contributed by atoms with Crippen LogP contribution >= 0.6 is 23.1 Å². The first-order valence-corrected chi connectivity index (χ1v) is 20.7. The van der Waals surface area contributed by atoms with E-state index in [1.54, 1.807) is 11.3 Å². The summed E-state index contributed by atoms with van der Waals surface area (Å²) in [5, 5.41) is 4.96. The lowest BCUT2D eigenvalue weighted by Crippen LogP contribution is -2.26. The molecule has 4 heterocycles. The summed E-state index contributed by atoms with van der Waals surface area (Å²) >= 11 is 3.70. The molecule has 1 atom stereocenters. The Morgan fingerprint density at radius 1 is 0.607 bits per heavy atom. The highest BCUT2D eigenvalue weighted by Crippen LogP contribution is 2.58. The van der Waals surface area contributed by atoms with Gasteiger partial charge in [-0.3, -0.25) is 0 Å². The Bertz CT molecular complexity index is 3270. The molecule has 1 aliphatic carbocycles. The summed E-state index contributed by atoms with van der Waals surface area (Å²) in [5.41, 5.74) is 12.7. The number of thioether (sulfide) groups is 1. The lowest BCUT2D eigenvalue weighted by molar-refractivity contribution is 0.578. The number of fused-ring (bicyclic) bond motifs is 11. The largest absolute Gasteiger partial charge is 0.309 e. The van der Waals surface area contributed by atoms with Gasteiger partial charge >= 0.3 is 0 Å². The van der Waals surface area contributed by atoms with Crippen molar-refractivity contribution in [2.45, 2.75) is 23.7 Å². The van der Waals surface area contributed by atoms with Crippen molar-refractivity contribution >= 4 is 71.2 Å². The molecule has 0 saturated carbocycles. The van der Waals surface area contributed by atoms with E-state index in [1.165, 1.54) is 53.0 Å². The van der Waals surface area contributed by atoms with E-state index in [0.717, 1.165) is 61.5 Å². The molecule has 3 nitrogen and oxygen atoms in total. The minimum atomic E-state index is -0.0730. The minimum absolute atomic E-state index is 0.0730. The van der Waals surface area contributed by atoms with E-state index in [-0.39, 0.29) is 5.41 Å². The van der Waals surface area contributed by atoms with Crippen LogP contribution in [0.5, 0.6) is 0 Å². The van der Waals surface area contributed by atoms with Crippen molar-refractivity contribution in [2.75, 3.05) is 0 Å². The van der Waals surface area contributed by atoms with Crippen molar-refractivity contribution in [3.05, 3.63) is 186 Å². The van der Waals surface area contributed by atoms with Crippen molar-refractivity contribution in [2.24, 2.45) is 0 Å². The molecule has 264 valence electrons. The van der Waals surface area contributed by atoms with Gasteiger partial charge in [0.25, 0.3) is 0 Å². The van der Waals surface area contributed by atoms with Crippen LogP contribution in [0.2, 0.25) is 0 Å². The minimum Gasteiger partial charge on any atom is -0.309 e. The van der Waals surface area contributed by atoms with Crippen LogP contribution in [-0.2, 0) is 11.8 Å². The second kappa shape index (κ2) is 12.1. The Balaban J connectivity index is 1.17. The van der Waals surface area contributed by atoms with E-state index in [1.807, 2.05) is 11.8 Å². The fraction of sp³-hybridized carbons (Fsp3) is 0.0588. The standard InChI is InChI=1S/C51H33N3S2/c1-51-30-40-38-25-24-32-16-8-9-19-37(32)48(38)54(42(40)29-45(51)55-44-23-13-11-21-41(44)51)36-27-34(31-14-4-2-5-15-31)26-35(28-36)50-52-46(33-17-6-3-7-18-33)49-47(53-50)39-20-10-12-22-43(39)56-49/h2-29H,30H2,1H3. The molecule has 56 heavy (non-hydrogen) atoms. The Morgan fingerprint density at radius 2 is 1.32 bits per heavy atom. The van der Waals surface area contributed by atoms with Gasteiger partial charge in [0, 0.05) is 52.9 Å². The summed E-state index contributed by atoms with van der Waals surface area (Å²) in [7, 11) is 0. The number of rotatable bonds is 4. The zero-order valence-corrected chi connectivity index (χ0v) is 32.2. The maximum atomic E-state index is 5.44. The molecule has 0 bridgehead atoms. The van der Waals surface area contributed by atoms with Crippen molar-refractivity contribution in [1.82, 2.24) is 14.5 Å². The van der Waals surface area contributed by atoms with Crippen molar-refractivity contribution < 1.29 is 0 Å². The Hall–Kier alpha value is -6.27. The topological polar surface area (TPSA) is 30.7 Å². The molecule has 0 N–H and O–H groups in total. The van der Waals surface area contributed by atoms with Crippen molar-refractivity contribution in [1.29, 1.82) is 0 Å². The number of thiophene rings is 1. The van der Waals surface area contributed by atoms with E-state index in [0.29, 0.717) is 0 Å². The number of nitrogens with zero attached hydrogens (tertiary/aromatic N) is 3. The van der Waals surface area contributed by atoms with E-state index >= 15 is 0 Å². The third-order valence-electron chi connectivity index (χ3n) is 11.9. The summed E-state index contributed by atoms with van der Waals surface area (Å²) in [6, 6.07) is 59.3. The average molecular weight is 752 g/mol. The molecule has 7 aromatic carbocycles. The maximum Gasteiger partial charge on any atom is 0.160 e. The van der Waals surface area contributed by atoms with Gasteiger partial charge in [-0.05, 0) is 70.5 Å². The first-order valence-electron chi connectivity index (χ1n) is 19.1. The predicted octanol–water partition coefficient (Wildman–Crippen LogP) is 13.9. The Labute approximate surface area is 332 Å². The monoisotopic (exact) mass is 751 g/mol. The van der Waals surface area contributed by atoms with Gasteiger partial charge in [0.15, 0.2) is 5.82 Å². The molecule has 2 aliphatic rings. The molecular formula is C51H33N3S2. The van der Waals surface area contributed by atoms with E-state index < -0.39 is 0 Å². The summed E-state index contributed by atoms with van der Waals surface area (Å²) in [5.74, 6) is 0.724. The van der Waals surface area contributed by atoms with Crippen LogP contribution in [0.4, 0.5) is 0 Å². The highest BCUT2D eigenvalue weighted by molar-refractivity contribution is 8.03. The van der Waals surface area contributed by atoms with Crippen LogP contribution in [-0.4, -0.2) is 14.5 Å². The number of hydrogen-bond donors (Lipinski definition) is 0. The molecule has 1 aliphatic heterocycles. The number of benzene rings is 7. The van der Waals surface area contributed by atoms with E-state index in [9.17, 15) is 0 Å². The van der Waals surface area contributed by atoms with Crippen LogP contribution in [0, 0.1) is 0 Å². The van der Waals surface area contributed by atoms with Crippen LogP contribution < -0.4 is 0 Å². The zero-order valence-electron chi connectivity index (χ0n) is 30.5. The highest BCUT2D eigenvalue weighted by Gasteiger charge is 2.44. The first-order chi connectivity index (χ1) is 27.6. The molecular weight excluding hydrogens is 719 g/mol. The zero-order chi connectivity index (χ0) is 37.0. The summed E-state index contributed by atoms with van der Waals surface area (Å²) < 4.78 is 4.87. The maximum absolute atomic E-state index is 5.44. The van der Waals surface area contributed by atoms with Gasteiger partial charge in [-0.1, -0.05) is 152 Å². The predicted molar refractivity (Wildman–Crippen MR) is 237 cm³/mol. The number of hydrogen-bond acceptors (Lipinski definition) is 4. The highest BCUT2D eigenvalue weighted by atomic mass is 32.2. The average Bonchev–Trinajstić information content (AvgIpc) is 3.89. The molecule has 10 aromatic rings. The molecule has 0 saturated heterocycles. The van der Waals surface area contributed by atoms with Gasteiger partial charge < -0.3 is 4.57 Å². The summed E-state index contributed by atoms with van der Waals surface area (Å²) in [6.07, 6.45) is 3.43. The smallest absolute Gasteiger partial charge is 0.160 e. The van der Waals surface area contributed by atoms with E-state index in [4.69, 9.17) is 9.97 Å². The molecule has 5 heteroatoms. The molecule has 3 aromatic heterocycles. The first kappa shape index (κ1) is 32.0.